The fourth-order valence-corrected chi connectivity index (χ4v) is 1.92. The van der Waals surface area contributed by atoms with E-state index < -0.39 is 5.82 Å². The number of nitrogens with one attached hydrogen (secondary N) is 2. The summed E-state index contributed by atoms with van der Waals surface area (Å²) in [6.45, 7) is 0.945. The lowest BCUT2D eigenvalue weighted by Crippen LogP contribution is -2.38. The van der Waals surface area contributed by atoms with Crippen molar-refractivity contribution < 1.29 is 8.81 Å². The lowest BCUT2D eigenvalue weighted by molar-refractivity contribution is 0.506. The Labute approximate surface area is 151 Å². The first kappa shape index (κ1) is 19.0. The van der Waals surface area contributed by atoms with Crippen LogP contribution in [0.3, 0.4) is 0 Å². The van der Waals surface area contributed by atoms with Crippen LogP contribution in [-0.2, 0) is 13.0 Å². The van der Waals surface area contributed by atoms with Crippen LogP contribution in [0.2, 0.25) is 0 Å². The van der Waals surface area contributed by atoms with Gasteiger partial charge in [0.05, 0.1) is 17.9 Å². The number of rotatable bonds is 5. The molecule has 2 aromatic rings. The molecule has 0 saturated carbocycles. The van der Waals surface area contributed by atoms with Gasteiger partial charge in [0.1, 0.15) is 11.6 Å². The van der Waals surface area contributed by atoms with Gasteiger partial charge in [-0.3, -0.25) is 4.99 Å². The van der Waals surface area contributed by atoms with E-state index in [0.717, 1.165) is 12.2 Å². The van der Waals surface area contributed by atoms with Crippen LogP contribution in [0.4, 0.5) is 4.39 Å². The highest BCUT2D eigenvalue weighted by Crippen LogP contribution is 2.09. The fourth-order valence-electron chi connectivity index (χ4n) is 1.92. The van der Waals surface area contributed by atoms with E-state index in [-0.39, 0.29) is 30.5 Å². The maximum absolute atomic E-state index is 13.8. The minimum atomic E-state index is -0.405. The van der Waals surface area contributed by atoms with Crippen LogP contribution in [0.25, 0.3) is 0 Å². The Morgan fingerprint density at radius 3 is 2.78 bits per heavy atom. The maximum atomic E-state index is 13.8. The largest absolute Gasteiger partial charge is 0.469 e. The number of guanidine groups is 1. The molecule has 0 aliphatic carbocycles. The molecule has 1 aromatic carbocycles. The van der Waals surface area contributed by atoms with Crippen molar-refractivity contribution in [2.75, 3.05) is 13.6 Å². The Bertz CT molecular complexity index is 680. The minimum absolute atomic E-state index is 0. The van der Waals surface area contributed by atoms with E-state index in [1.807, 2.05) is 18.2 Å². The van der Waals surface area contributed by atoms with Crippen LogP contribution in [0, 0.1) is 17.1 Å². The average molecular weight is 428 g/mol. The van der Waals surface area contributed by atoms with Gasteiger partial charge in [0.2, 0.25) is 0 Å². The molecule has 7 heteroatoms. The van der Waals surface area contributed by atoms with Gasteiger partial charge in [-0.15, -0.1) is 24.0 Å². The molecule has 5 nitrogen and oxygen atoms in total. The Morgan fingerprint density at radius 2 is 2.17 bits per heavy atom. The third-order valence-corrected chi connectivity index (χ3v) is 3.10. The highest BCUT2D eigenvalue weighted by molar-refractivity contribution is 14.0. The predicted octanol–water partition coefficient (Wildman–Crippen LogP) is 2.82. The van der Waals surface area contributed by atoms with Crippen molar-refractivity contribution in [3.8, 4) is 6.07 Å². The van der Waals surface area contributed by atoms with Crippen LogP contribution in [0.5, 0.6) is 0 Å². The normalized spacial score (nSPS) is 10.6. The molecule has 1 aromatic heterocycles. The Morgan fingerprint density at radius 1 is 1.35 bits per heavy atom. The van der Waals surface area contributed by atoms with Gasteiger partial charge < -0.3 is 15.1 Å². The summed E-state index contributed by atoms with van der Waals surface area (Å²) in [4.78, 5) is 4.07. The lowest BCUT2D eigenvalue weighted by atomic mass is 10.1. The molecule has 2 N–H and O–H groups in total. The van der Waals surface area contributed by atoms with Gasteiger partial charge in [0, 0.05) is 32.1 Å². The zero-order chi connectivity index (χ0) is 15.8. The highest BCUT2D eigenvalue weighted by atomic mass is 127. The molecule has 122 valence electrons. The molecular weight excluding hydrogens is 410 g/mol. The molecule has 1 heterocycles. The molecule has 0 fully saturated rings. The number of hydrogen-bond acceptors (Lipinski definition) is 3. The maximum Gasteiger partial charge on any atom is 0.191 e. The highest BCUT2D eigenvalue weighted by Gasteiger charge is 2.05. The summed E-state index contributed by atoms with van der Waals surface area (Å²) in [6, 6.07) is 10.1. The summed E-state index contributed by atoms with van der Waals surface area (Å²) in [7, 11) is 1.65. The number of benzene rings is 1. The molecule has 2 rings (SSSR count). The standard InChI is InChI=1S/C16H17FN4O.HI/c1-19-16(20-7-6-14-3-2-8-22-14)21-11-13-5-4-12(10-18)9-15(13)17;/h2-5,8-9H,6-7,11H2,1H3,(H2,19,20,21);1H. The molecule has 0 atom stereocenters. The van der Waals surface area contributed by atoms with Crippen LogP contribution >= 0.6 is 24.0 Å². The SMILES string of the molecule is CN=C(NCCc1ccco1)NCc1ccc(C#N)cc1F.I. The van der Waals surface area contributed by atoms with Crippen LogP contribution in [0.15, 0.2) is 46.0 Å². The second-order valence-electron chi connectivity index (χ2n) is 4.60. The van der Waals surface area contributed by atoms with Gasteiger partial charge in [0.15, 0.2) is 5.96 Å². The molecule has 23 heavy (non-hydrogen) atoms. The van der Waals surface area contributed by atoms with Crippen molar-refractivity contribution in [1.29, 1.82) is 5.26 Å². The summed E-state index contributed by atoms with van der Waals surface area (Å²) in [5, 5.41) is 14.9. The topological polar surface area (TPSA) is 73.3 Å². The number of furan rings is 1. The summed E-state index contributed by atoms with van der Waals surface area (Å²) in [6.07, 6.45) is 2.37. The molecule has 0 aliphatic rings. The fraction of sp³-hybridized carbons (Fsp3) is 0.250. The molecular formula is C16H18FIN4O. The summed E-state index contributed by atoms with van der Waals surface area (Å²) in [5.74, 6) is 1.06. The van der Waals surface area contributed by atoms with E-state index in [0.29, 0.717) is 23.6 Å². The molecule has 0 radical (unpaired) electrons. The van der Waals surface area contributed by atoms with Gasteiger partial charge in [-0.25, -0.2) is 4.39 Å². The zero-order valence-corrected chi connectivity index (χ0v) is 15.0. The Hall–Kier alpha value is -2.08. The summed E-state index contributed by atoms with van der Waals surface area (Å²) in [5.41, 5.74) is 0.787. The monoisotopic (exact) mass is 428 g/mol. The van der Waals surface area contributed by atoms with Crippen molar-refractivity contribution in [1.82, 2.24) is 10.6 Å². The van der Waals surface area contributed by atoms with Gasteiger partial charge in [-0.05, 0) is 24.3 Å². The average Bonchev–Trinajstić information content (AvgIpc) is 3.05. The van der Waals surface area contributed by atoms with E-state index in [1.165, 1.54) is 6.07 Å². The van der Waals surface area contributed by atoms with E-state index >= 15 is 0 Å². The van der Waals surface area contributed by atoms with E-state index in [1.54, 1.807) is 25.4 Å². The number of aliphatic imine (C=N–C) groups is 1. The third-order valence-electron chi connectivity index (χ3n) is 3.10. The Kier molecular flexibility index (Phi) is 8.11. The lowest BCUT2D eigenvalue weighted by Gasteiger charge is -2.12. The van der Waals surface area contributed by atoms with Crippen molar-refractivity contribution >= 4 is 29.9 Å². The minimum Gasteiger partial charge on any atom is -0.469 e. The summed E-state index contributed by atoms with van der Waals surface area (Å²) < 4.78 is 19.0. The van der Waals surface area contributed by atoms with Crippen LogP contribution in [-0.4, -0.2) is 19.6 Å². The van der Waals surface area contributed by atoms with Crippen molar-refractivity contribution in [2.24, 2.45) is 4.99 Å². The first-order chi connectivity index (χ1) is 10.7. The molecule has 0 bridgehead atoms. The van der Waals surface area contributed by atoms with Crippen molar-refractivity contribution in [3.05, 3.63) is 59.3 Å². The van der Waals surface area contributed by atoms with Gasteiger partial charge in [0.25, 0.3) is 0 Å². The second kappa shape index (κ2) is 9.84. The zero-order valence-electron chi connectivity index (χ0n) is 12.7. The third kappa shape index (κ3) is 5.90. The number of nitrogens with zero attached hydrogens (tertiary/aromatic N) is 2. The van der Waals surface area contributed by atoms with Gasteiger partial charge in [-0.2, -0.15) is 5.26 Å². The molecule has 0 aliphatic heterocycles. The predicted molar refractivity (Wildman–Crippen MR) is 97.1 cm³/mol. The first-order valence-corrected chi connectivity index (χ1v) is 6.88. The quantitative estimate of drug-likeness (QED) is 0.437. The van der Waals surface area contributed by atoms with E-state index in [2.05, 4.69) is 15.6 Å². The van der Waals surface area contributed by atoms with E-state index in [4.69, 9.17) is 9.68 Å². The summed E-state index contributed by atoms with van der Waals surface area (Å²) >= 11 is 0. The number of halogens is 2. The second-order valence-corrected chi connectivity index (χ2v) is 4.60. The van der Waals surface area contributed by atoms with Crippen LogP contribution < -0.4 is 10.6 Å². The number of nitriles is 1. The Balaban J connectivity index is 0.00000264. The van der Waals surface area contributed by atoms with Crippen molar-refractivity contribution in [2.45, 2.75) is 13.0 Å². The smallest absolute Gasteiger partial charge is 0.191 e. The van der Waals surface area contributed by atoms with Crippen LogP contribution in [0.1, 0.15) is 16.9 Å². The van der Waals surface area contributed by atoms with E-state index in [9.17, 15) is 4.39 Å². The first-order valence-electron chi connectivity index (χ1n) is 6.88. The molecule has 0 unspecified atom stereocenters. The van der Waals surface area contributed by atoms with Crippen molar-refractivity contribution in [3.63, 3.8) is 0 Å². The molecule has 0 saturated heterocycles. The molecule has 0 spiro atoms. The number of hydrogen-bond donors (Lipinski definition) is 2. The van der Waals surface area contributed by atoms with Gasteiger partial charge in [-0.1, -0.05) is 6.07 Å². The van der Waals surface area contributed by atoms with Gasteiger partial charge >= 0.3 is 0 Å². The molecule has 0 amide bonds.